The summed E-state index contributed by atoms with van der Waals surface area (Å²) in [6.45, 7) is 3.25. The fourth-order valence-corrected chi connectivity index (χ4v) is 14.3. The van der Waals surface area contributed by atoms with E-state index >= 15 is 0 Å². The van der Waals surface area contributed by atoms with Crippen LogP contribution in [0.4, 0.5) is 34.1 Å². The predicted molar refractivity (Wildman–Crippen MR) is 424 cm³/mol. The minimum atomic E-state index is -2.08. The molecule has 2 aliphatic heterocycles. The molecule has 6 heterocycles. The van der Waals surface area contributed by atoms with Crippen LogP contribution in [0.1, 0.15) is 70.2 Å². The zero-order chi connectivity index (χ0) is 94.6. The highest BCUT2D eigenvalue weighted by Crippen LogP contribution is 2.53. The van der Waals surface area contributed by atoms with E-state index in [1.807, 2.05) is 0 Å². The number of nitrogens with zero attached hydrogens (tertiary/aromatic N) is 4. The summed E-state index contributed by atoms with van der Waals surface area (Å²) < 4.78 is 339. The van der Waals surface area contributed by atoms with E-state index in [-0.39, 0.29) is 77.3 Å². The average Bonchev–Trinajstić information content (AvgIpc) is 1.61. The molecule has 15 aromatic carbocycles. The molecule has 0 N–H and O–H groups in total. The number of benzene rings is 15. The zero-order valence-corrected chi connectivity index (χ0v) is 53.4. The first kappa shape index (κ1) is 34.1. The van der Waals surface area contributed by atoms with Crippen LogP contribution in [0.25, 0.3) is 143 Å². The third kappa shape index (κ3) is 8.73. The normalized spacial score (nSPS) is 17.3. The van der Waals surface area contributed by atoms with E-state index in [1.165, 1.54) is 9.80 Å². The molecule has 0 fully saturated rings. The topological polar surface area (TPSA) is 42.6 Å². The van der Waals surface area contributed by atoms with Gasteiger partial charge in [-0.3, -0.25) is 0 Å². The van der Waals surface area contributed by atoms with Gasteiger partial charge >= 0.3 is 0 Å². The van der Waals surface area contributed by atoms with Gasteiger partial charge in [0.05, 0.1) is 77.3 Å². The number of anilines is 6. The molecule has 0 saturated carbocycles. The summed E-state index contributed by atoms with van der Waals surface area (Å²) >= 11 is 0. The lowest BCUT2D eigenvalue weighted by Crippen LogP contribution is -2.61. The van der Waals surface area contributed by atoms with Crippen LogP contribution < -0.4 is 26.2 Å². The van der Waals surface area contributed by atoms with Crippen LogP contribution in [0.15, 0.2) is 336 Å². The monoisotopic (exact) mass is 1320 g/mol. The molecule has 4 aromatic heterocycles. The van der Waals surface area contributed by atoms with Crippen molar-refractivity contribution in [2.45, 2.75) is 26.2 Å². The van der Waals surface area contributed by atoms with Crippen LogP contribution in [0.5, 0.6) is 0 Å². The summed E-state index contributed by atoms with van der Waals surface area (Å²) in [6.07, 6.45) is 0. The molecule has 0 aliphatic carbocycles. The summed E-state index contributed by atoms with van der Waals surface area (Å²) in [5.74, 6) is 0. The molecule has 2 aliphatic rings. The summed E-state index contributed by atoms with van der Waals surface area (Å²) in [6, 6.07) is 10.1. The Morgan fingerprint density at radius 3 is 1.03 bits per heavy atom. The van der Waals surface area contributed by atoms with Crippen molar-refractivity contribution in [2.75, 3.05) is 9.80 Å². The lowest BCUT2D eigenvalue weighted by molar-refractivity contribution is 0.590. The lowest BCUT2D eigenvalue weighted by atomic mass is 9.33. The Kier molecular flexibility index (Phi) is 7.37. The van der Waals surface area contributed by atoms with Gasteiger partial charge in [0, 0.05) is 77.2 Å². The third-order valence-electron chi connectivity index (χ3n) is 19.0. The van der Waals surface area contributed by atoms with E-state index in [0.29, 0.717) is 11.1 Å². The molecule has 0 amide bonds. The molecule has 7 heteroatoms. The molecule has 0 atom stereocenters. The van der Waals surface area contributed by atoms with Crippen LogP contribution in [-0.4, -0.2) is 15.8 Å². The van der Waals surface area contributed by atoms with Gasteiger partial charge in [-0.25, -0.2) is 0 Å². The Balaban J connectivity index is 1.04. The number of fused-ring (bicyclic) bond motifs is 16. The van der Waals surface area contributed by atoms with Gasteiger partial charge in [0.25, 0.3) is 6.71 Å². The Morgan fingerprint density at radius 2 is 0.663 bits per heavy atom. The zero-order valence-electron chi connectivity index (χ0n) is 85.4. The van der Waals surface area contributed by atoms with E-state index in [1.54, 1.807) is 154 Å². The molecule has 0 unspecified atom stereocenters. The molecule has 19 aromatic rings. The molecule has 0 spiro atoms. The van der Waals surface area contributed by atoms with Crippen molar-refractivity contribution in [1.29, 1.82) is 0 Å². The first-order chi connectivity index (χ1) is 63.1. The standard InChI is InChI=1S/C94H63BN4O2/c1-94(2,3)66-54-85-91-86(55-66)99(88-51-65(61-30-14-7-15-31-61)49-76-74-45-41-63(53-90(74)101-93(76)88)59-26-10-5-11-27-59)84-57-68(97-81-38-22-18-34-71(81)72-35-19-23-39-82(72)97)43-47-78(84)95(91)77-46-42-67(96-79-36-20-16-32-69(79)70-33-17-21-37-80(70)96)56-83(77)98(85)87-50-64(60-28-12-6-13-29-60)48-75-73-44-40-62(52-89(73)100-92(75)87)58-24-8-4-9-25-58/h4-57H,1-3H3/i16D,17D,18D,19D,20D,21D,22D,23D,32D,33D,34D,35D,36D,37D,38D,39D,40D,41D,42D,43D,44D,45D,46D,47D,48D,49D,50D,51D,52D,53D,56D,57D. The first-order valence-electron chi connectivity index (χ1n) is 48.4. The second-order valence-electron chi connectivity index (χ2n) is 25.8. The number of aromatic nitrogens is 2. The third-order valence-corrected chi connectivity index (χ3v) is 19.0. The number of furan rings is 2. The van der Waals surface area contributed by atoms with Crippen LogP contribution >= 0.6 is 0 Å². The highest BCUT2D eigenvalue weighted by Gasteiger charge is 2.46. The largest absolute Gasteiger partial charge is 0.454 e. The predicted octanol–water partition coefficient (Wildman–Crippen LogP) is 23.7. The van der Waals surface area contributed by atoms with Gasteiger partial charge in [0.1, 0.15) is 11.2 Å². The van der Waals surface area contributed by atoms with Crippen molar-refractivity contribution >= 4 is 145 Å². The maximum atomic E-state index is 11.6. The van der Waals surface area contributed by atoms with Gasteiger partial charge in [0.15, 0.2) is 11.2 Å². The number of rotatable bonds is 8. The SMILES string of the molecule is [2H]c1c([2H])c(-n2c3c([2H])c([2H])c([2H])c([2H])c3c3c([2H])c([2H])c([2H])c([2H])c32)c([2H])c2c1B1c3c(cc(C(C)(C)C)cc3N(c3c([2H])c(-c4ccccc4)c([2H])c4c3oc3c([2H])c(-c5ccccc5)c([2H])c([2H])c34)c3c([2H])c(-n4c5c([2H])c([2H])c([2H])c([2H])c5c5c([2H])c([2H])c([2H])c([2H])c54)c([2H])c([2H])c31)N2c1c([2H])c(-c2ccccc2)c([2H])c2c1oc1c([2H])c(-c3ccccc3)c([2H])c([2H])c12. The maximum Gasteiger partial charge on any atom is 0.252 e. The summed E-state index contributed by atoms with van der Waals surface area (Å²) in [4.78, 5) is 2.52. The fourth-order valence-electron chi connectivity index (χ4n) is 14.3. The van der Waals surface area contributed by atoms with Crippen molar-refractivity contribution in [3.05, 3.63) is 332 Å². The molecule has 21 rings (SSSR count). The van der Waals surface area contributed by atoms with E-state index in [9.17, 15) is 38.4 Å². The molecule has 474 valence electrons. The van der Waals surface area contributed by atoms with Crippen molar-refractivity contribution < 1.29 is 52.7 Å². The van der Waals surface area contributed by atoms with Gasteiger partial charge in [-0.05, 0) is 181 Å². The number of para-hydroxylation sites is 4. The van der Waals surface area contributed by atoms with Crippen molar-refractivity contribution in [1.82, 2.24) is 9.13 Å². The molecular weight excluding hydrogens is 1230 g/mol. The van der Waals surface area contributed by atoms with E-state index < -0.39 is 316 Å². The summed E-state index contributed by atoms with van der Waals surface area (Å²) in [7, 11) is 0. The minimum Gasteiger partial charge on any atom is -0.454 e. The Morgan fingerprint density at radius 1 is 0.307 bits per heavy atom. The van der Waals surface area contributed by atoms with Gasteiger partial charge < -0.3 is 27.8 Å². The molecule has 101 heavy (non-hydrogen) atoms. The van der Waals surface area contributed by atoms with Gasteiger partial charge in [-0.15, -0.1) is 0 Å². The maximum absolute atomic E-state index is 11.6. The summed E-state index contributed by atoms with van der Waals surface area (Å²) in [5.41, 5.74) is -11.0. The second kappa shape index (κ2) is 21.8. The Bertz CT molecular complexity index is 8010. The van der Waals surface area contributed by atoms with Crippen LogP contribution in [-0.2, 0) is 5.41 Å². The smallest absolute Gasteiger partial charge is 0.252 e. The van der Waals surface area contributed by atoms with Crippen LogP contribution in [0, 0.1) is 0 Å². The Hall–Kier alpha value is -12.8. The minimum absolute atomic E-state index is 0.0989. The Labute approximate surface area is 629 Å². The van der Waals surface area contributed by atoms with Crippen LogP contribution in [0.2, 0.25) is 0 Å². The quantitative estimate of drug-likeness (QED) is 0.142. The van der Waals surface area contributed by atoms with Crippen molar-refractivity contribution in [3.63, 3.8) is 0 Å². The lowest BCUT2D eigenvalue weighted by Gasteiger charge is -2.45. The number of hydrogen-bond acceptors (Lipinski definition) is 4. The van der Waals surface area contributed by atoms with Gasteiger partial charge in [-0.1, -0.05) is 239 Å². The molecule has 0 radical (unpaired) electrons. The van der Waals surface area contributed by atoms with E-state index in [4.69, 9.17) is 14.3 Å². The number of hydrogen-bond donors (Lipinski definition) is 0. The van der Waals surface area contributed by atoms with Crippen LogP contribution in [0.3, 0.4) is 0 Å². The van der Waals surface area contributed by atoms with Crippen molar-refractivity contribution in [3.8, 4) is 55.9 Å². The first-order valence-corrected chi connectivity index (χ1v) is 32.4. The molecule has 0 saturated heterocycles. The highest BCUT2D eigenvalue weighted by molar-refractivity contribution is 7.00. The summed E-state index contributed by atoms with van der Waals surface area (Å²) in [5, 5.41) is -3.31. The second-order valence-corrected chi connectivity index (χ2v) is 25.8. The van der Waals surface area contributed by atoms with E-state index in [0.717, 1.165) is 9.13 Å². The van der Waals surface area contributed by atoms with Gasteiger partial charge in [0.2, 0.25) is 0 Å². The van der Waals surface area contributed by atoms with Gasteiger partial charge in [-0.2, -0.15) is 0 Å². The van der Waals surface area contributed by atoms with E-state index in [2.05, 4.69) is 0 Å². The fraction of sp³-hybridized carbons (Fsp3) is 0.0426. The average molecular weight is 1320 g/mol. The molecule has 0 bridgehead atoms. The molecule has 6 nitrogen and oxygen atoms in total. The van der Waals surface area contributed by atoms with Crippen molar-refractivity contribution in [2.24, 2.45) is 0 Å². The highest BCUT2D eigenvalue weighted by atomic mass is 16.3. The molecular formula is C94H63BN4O2.